The molecule has 0 aliphatic carbocycles. The first-order valence-electron chi connectivity index (χ1n) is 7.01. The number of carboxylic acids is 1. The van der Waals surface area contributed by atoms with Gasteiger partial charge in [-0.2, -0.15) is 0 Å². The Morgan fingerprint density at radius 1 is 1.00 bits per heavy atom. The topological polar surface area (TPSA) is 94.1 Å². The van der Waals surface area contributed by atoms with E-state index in [-0.39, 0.29) is 18.1 Å². The number of carbonyl (C=O) groups is 2. The number of benzene rings is 2. The Labute approximate surface area is 138 Å². The van der Waals surface area contributed by atoms with Crippen LogP contribution in [0.2, 0.25) is 0 Å². The van der Waals surface area contributed by atoms with E-state index in [0.29, 0.717) is 22.9 Å². The predicted molar refractivity (Wildman–Crippen MR) is 87.1 cm³/mol. The molecule has 0 saturated carbocycles. The molecule has 24 heavy (non-hydrogen) atoms. The number of hydrogen-bond acceptors (Lipinski definition) is 5. The number of methoxy groups -OCH3 is 2. The number of rotatable bonds is 7. The zero-order valence-corrected chi connectivity index (χ0v) is 13.2. The molecule has 1 amide bonds. The zero-order valence-electron chi connectivity index (χ0n) is 13.2. The molecule has 2 rings (SSSR count). The van der Waals surface area contributed by atoms with Crippen LogP contribution in [0.5, 0.6) is 17.2 Å². The molecule has 0 aliphatic rings. The average Bonchev–Trinajstić information content (AvgIpc) is 2.60. The van der Waals surface area contributed by atoms with E-state index >= 15 is 0 Å². The first kappa shape index (κ1) is 17.1. The number of carboxylic acid groups (broad SMARTS) is 1. The molecular weight excluding hydrogens is 314 g/mol. The van der Waals surface area contributed by atoms with Crippen molar-refractivity contribution in [3.63, 3.8) is 0 Å². The molecule has 0 unspecified atom stereocenters. The van der Waals surface area contributed by atoms with Crippen LogP contribution in [-0.2, 0) is 4.79 Å². The molecule has 0 radical (unpaired) electrons. The number of hydrogen-bond donors (Lipinski definition) is 2. The minimum absolute atomic E-state index is 0.148. The van der Waals surface area contributed by atoms with Crippen LogP contribution in [0.4, 0.5) is 5.69 Å². The van der Waals surface area contributed by atoms with Crippen LogP contribution in [0.1, 0.15) is 10.4 Å². The number of carbonyl (C=O) groups excluding carboxylic acids is 1. The molecule has 2 aromatic rings. The van der Waals surface area contributed by atoms with Gasteiger partial charge >= 0.3 is 5.97 Å². The van der Waals surface area contributed by atoms with Crippen molar-refractivity contribution in [1.29, 1.82) is 0 Å². The second-order valence-corrected chi connectivity index (χ2v) is 4.73. The fraction of sp³-hybridized carbons (Fsp3) is 0.176. The van der Waals surface area contributed by atoms with Crippen molar-refractivity contribution < 1.29 is 28.9 Å². The molecule has 0 aromatic heterocycles. The Hall–Kier alpha value is -3.22. The van der Waals surface area contributed by atoms with Crippen molar-refractivity contribution in [2.45, 2.75) is 0 Å². The summed E-state index contributed by atoms with van der Waals surface area (Å²) < 4.78 is 15.6. The van der Waals surface area contributed by atoms with E-state index < -0.39 is 5.97 Å². The van der Waals surface area contributed by atoms with Crippen molar-refractivity contribution in [1.82, 2.24) is 0 Å². The van der Waals surface area contributed by atoms with Crippen molar-refractivity contribution in [2.24, 2.45) is 0 Å². The Balaban J connectivity index is 1.94. The van der Waals surface area contributed by atoms with Gasteiger partial charge in [0.05, 0.1) is 25.5 Å². The SMILES string of the molecule is COc1ccc(NC(=O)COc2ccc(C(=O)O)cc2)c(OC)c1. The smallest absolute Gasteiger partial charge is 0.335 e. The number of amides is 1. The van der Waals surface area contributed by atoms with Crippen LogP contribution in [0.3, 0.4) is 0 Å². The Morgan fingerprint density at radius 3 is 2.25 bits per heavy atom. The summed E-state index contributed by atoms with van der Waals surface area (Å²) in [7, 11) is 3.03. The van der Waals surface area contributed by atoms with Crippen LogP contribution in [0.15, 0.2) is 42.5 Å². The Morgan fingerprint density at radius 2 is 1.67 bits per heavy atom. The fourth-order valence-corrected chi connectivity index (χ4v) is 1.93. The summed E-state index contributed by atoms with van der Waals surface area (Å²) in [5.74, 6) is 0.0802. The maximum absolute atomic E-state index is 12.0. The van der Waals surface area contributed by atoms with Crippen LogP contribution in [0.25, 0.3) is 0 Å². The number of aromatic carboxylic acids is 1. The quantitative estimate of drug-likeness (QED) is 0.809. The van der Waals surface area contributed by atoms with Gasteiger partial charge in [-0.25, -0.2) is 4.79 Å². The molecule has 0 aliphatic heterocycles. The minimum atomic E-state index is -1.02. The average molecular weight is 331 g/mol. The molecule has 0 heterocycles. The third-order valence-electron chi connectivity index (χ3n) is 3.15. The van der Waals surface area contributed by atoms with Crippen molar-refractivity contribution in [3.8, 4) is 17.2 Å². The first-order valence-corrected chi connectivity index (χ1v) is 7.01. The standard InChI is InChI=1S/C17H17NO6/c1-22-13-7-8-14(15(9-13)23-2)18-16(19)10-24-12-5-3-11(4-6-12)17(20)21/h3-9H,10H2,1-2H3,(H,18,19)(H,20,21). The lowest BCUT2D eigenvalue weighted by atomic mass is 10.2. The van der Waals surface area contributed by atoms with E-state index in [4.69, 9.17) is 19.3 Å². The minimum Gasteiger partial charge on any atom is -0.497 e. The van der Waals surface area contributed by atoms with Gasteiger partial charge in [0.1, 0.15) is 17.2 Å². The van der Waals surface area contributed by atoms with E-state index in [0.717, 1.165) is 0 Å². The molecular formula is C17H17NO6. The fourth-order valence-electron chi connectivity index (χ4n) is 1.93. The monoisotopic (exact) mass is 331 g/mol. The van der Waals surface area contributed by atoms with Crippen molar-refractivity contribution >= 4 is 17.6 Å². The van der Waals surface area contributed by atoms with Gasteiger partial charge in [0, 0.05) is 6.07 Å². The summed E-state index contributed by atoms with van der Waals surface area (Å²) in [6.07, 6.45) is 0. The van der Waals surface area contributed by atoms with E-state index in [1.807, 2.05) is 0 Å². The van der Waals surface area contributed by atoms with Crippen LogP contribution in [0, 0.1) is 0 Å². The molecule has 7 nitrogen and oxygen atoms in total. The highest BCUT2D eigenvalue weighted by molar-refractivity contribution is 5.93. The predicted octanol–water partition coefficient (Wildman–Crippen LogP) is 2.42. The van der Waals surface area contributed by atoms with Crippen LogP contribution >= 0.6 is 0 Å². The summed E-state index contributed by atoms with van der Waals surface area (Å²) in [6, 6.07) is 10.8. The molecule has 0 fully saturated rings. The highest BCUT2D eigenvalue weighted by Gasteiger charge is 2.10. The summed E-state index contributed by atoms with van der Waals surface area (Å²) >= 11 is 0. The van der Waals surface area contributed by atoms with Gasteiger partial charge in [-0.05, 0) is 36.4 Å². The highest BCUT2D eigenvalue weighted by atomic mass is 16.5. The molecule has 126 valence electrons. The van der Waals surface area contributed by atoms with Crippen molar-refractivity contribution in [3.05, 3.63) is 48.0 Å². The maximum Gasteiger partial charge on any atom is 0.335 e. The van der Waals surface area contributed by atoms with Crippen LogP contribution < -0.4 is 19.5 Å². The largest absolute Gasteiger partial charge is 0.497 e. The summed E-state index contributed by atoms with van der Waals surface area (Å²) in [5.41, 5.74) is 0.642. The molecule has 2 aromatic carbocycles. The highest BCUT2D eigenvalue weighted by Crippen LogP contribution is 2.28. The van der Waals surface area contributed by atoms with Gasteiger partial charge in [0.2, 0.25) is 0 Å². The molecule has 0 spiro atoms. The third-order valence-corrected chi connectivity index (χ3v) is 3.15. The number of nitrogens with one attached hydrogen (secondary N) is 1. The van der Waals surface area contributed by atoms with Crippen molar-refractivity contribution in [2.75, 3.05) is 26.1 Å². The number of anilines is 1. The lowest BCUT2D eigenvalue weighted by molar-refractivity contribution is -0.118. The van der Waals surface area contributed by atoms with Gasteiger partial charge < -0.3 is 24.6 Å². The second kappa shape index (κ2) is 7.87. The lowest BCUT2D eigenvalue weighted by Gasteiger charge is -2.12. The van der Waals surface area contributed by atoms with Gasteiger partial charge in [0.15, 0.2) is 6.61 Å². The van der Waals surface area contributed by atoms with E-state index in [2.05, 4.69) is 5.32 Å². The molecule has 0 saturated heterocycles. The molecule has 7 heteroatoms. The zero-order chi connectivity index (χ0) is 17.5. The van der Waals surface area contributed by atoms with Gasteiger partial charge in [-0.15, -0.1) is 0 Å². The molecule has 0 bridgehead atoms. The Kier molecular flexibility index (Phi) is 5.62. The number of ether oxygens (including phenoxy) is 3. The maximum atomic E-state index is 12.0. The van der Waals surface area contributed by atoms with Gasteiger partial charge in [-0.1, -0.05) is 0 Å². The third kappa shape index (κ3) is 4.39. The van der Waals surface area contributed by atoms with E-state index in [9.17, 15) is 9.59 Å². The van der Waals surface area contributed by atoms with Gasteiger partial charge in [0.25, 0.3) is 5.91 Å². The normalized spacial score (nSPS) is 9.92. The van der Waals surface area contributed by atoms with E-state index in [1.54, 1.807) is 18.2 Å². The summed E-state index contributed by atoms with van der Waals surface area (Å²) in [5, 5.41) is 11.5. The summed E-state index contributed by atoms with van der Waals surface area (Å²) in [4.78, 5) is 22.7. The second-order valence-electron chi connectivity index (χ2n) is 4.73. The Bertz CT molecular complexity index is 726. The van der Waals surface area contributed by atoms with E-state index in [1.165, 1.54) is 38.5 Å². The molecule has 0 atom stereocenters. The van der Waals surface area contributed by atoms with Gasteiger partial charge in [-0.3, -0.25) is 4.79 Å². The summed E-state index contributed by atoms with van der Waals surface area (Å²) in [6.45, 7) is -0.221. The molecule has 2 N–H and O–H groups in total. The first-order chi connectivity index (χ1) is 11.5. The lowest BCUT2D eigenvalue weighted by Crippen LogP contribution is -2.20. The van der Waals surface area contributed by atoms with Crippen LogP contribution in [-0.4, -0.2) is 37.8 Å².